The second-order valence-electron chi connectivity index (χ2n) is 12.5. The molecule has 5 amide bonds. The molecule has 0 saturated carbocycles. The SMILES string of the molecule is CCCCC(CC)C(=O)OCCOCCOCCOCCOCCOCCCCCC(=O)Nc1cccc2c1C(=O)N(C1CCC(=O)NC1=O)C2=O. The molecule has 3 rings (SSSR count). The zero-order valence-electron chi connectivity index (χ0n) is 30.6. The van der Waals surface area contributed by atoms with Crippen LogP contribution in [0.25, 0.3) is 0 Å². The van der Waals surface area contributed by atoms with Crippen molar-refractivity contribution in [2.75, 3.05) is 78.0 Å². The molecule has 2 atom stereocenters. The summed E-state index contributed by atoms with van der Waals surface area (Å²) in [5, 5.41) is 4.90. The summed E-state index contributed by atoms with van der Waals surface area (Å²) in [6.45, 7) is 8.76. The van der Waals surface area contributed by atoms with E-state index in [1.807, 2.05) is 6.92 Å². The zero-order chi connectivity index (χ0) is 37.6. The molecule has 1 aromatic rings. The summed E-state index contributed by atoms with van der Waals surface area (Å²) < 4.78 is 32.8. The highest BCUT2D eigenvalue weighted by Crippen LogP contribution is 2.32. The van der Waals surface area contributed by atoms with Crippen LogP contribution in [-0.4, -0.2) is 119 Å². The highest BCUT2D eigenvalue weighted by Gasteiger charge is 2.45. The molecule has 2 aliphatic heterocycles. The molecule has 2 aliphatic rings. The van der Waals surface area contributed by atoms with Gasteiger partial charge in [-0.25, -0.2) is 0 Å². The van der Waals surface area contributed by atoms with Gasteiger partial charge in [-0.1, -0.05) is 39.2 Å². The van der Waals surface area contributed by atoms with Gasteiger partial charge in [-0.2, -0.15) is 0 Å². The van der Waals surface area contributed by atoms with Crippen LogP contribution in [0.3, 0.4) is 0 Å². The first-order valence-corrected chi connectivity index (χ1v) is 18.5. The van der Waals surface area contributed by atoms with Gasteiger partial charge in [0.15, 0.2) is 0 Å². The number of imide groups is 2. The van der Waals surface area contributed by atoms with Crippen LogP contribution in [0.1, 0.15) is 98.8 Å². The third-order valence-electron chi connectivity index (χ3n) is 8.63. The number of benzene rings is 1. The fraction of sp³-hybridized carbons (Fsp3) is 0.676. The quantitative estimate of drug-likeness (QED) is 0.0728. The Morgan fingerprint density at radius 1 is 0.788 bits per heavy atom. The van der Waals surface area contributed by atoms with E-state index in [0.29, 0.717) is 72.5 Å². The lowest BCUT2D eigenvalue weighted by molar-refractivity contribution is -0.150. The van der Waals surface area contributed by atoms with Crippen LogP contribution in [0.5, 0.6) is 0 Å². The van der Waals surface area contributed by atoms with Gasteiger partial charge in [0.2, 0.25) is 17.7 Å². The fourth-order valence-electron chi connectivity index (χ4n) is 5.74. The summed E-state index contributed by atoms with van der Waals surface area (Å²) in [5.41, 5.74) is 0.381. The first kappa shape index (κ1) is 42.7. The summed E-state index contributed by atoms with van der Waals surface area (Å²) in [5.74, 6) is -2.88. The standard InChI is InChI=1S/C37H55N3O12/c1-3-5-10-27(4-2)37(46)52-26-25-51-24-23-50-22-21-49-20-19-48-18-17-47-16-8-6-7-13-31(41)38-29-12-9-11-28-33(29)36(45)40(35(28)44)30-14-15-32(42)39-34(30)43/h9,11-12,27,30H,3-8,10,13-26H2,1-2H3,(H,38,41)(H,39,42,43). The number of fused-ring (bicyclic) bond motifs is 1. The number of hydrogen-bond acceptors (Lipinski definition) is 12. The highest BCUT2D eigenvalue weighted by atomic mass is 16.6. The summed E-state index contributed by atoms with van der Waals surface area (Å²) in [7, 11) is 0. The number of hydrogen-bond donors (Lipinski definition) is 2. The maximum atomic E-state index is 13.2. The second kappa shape index (κ2) is 24.5. The minimum absolute atomic E-state index is 0.0254. The number of amides is 5. The van der Waals surface area contributed by atoms with E-state index in [-0.39, 0.29) is 60.5 Å². The Morgan fingerprint density at radius 3 is 2.00 bits per heavy atom. The Bertz CT molecular complexity index is 1320. The van der Waals surface area contributed by atoms with Gasteiger partial charge in [0.25, 0.3) is 11.8 Å². The number of anilines is 1. The molecule has 15 nitrogen and oxygen atoms in total. The smallest absolute Gasteiger partial charge is 0.308 e. The van der Waals surface area contributed by atoms with Crippen LogP contribution < -0.4 is 10.6 Å². The molecule has 0 aliphatic carbocycles. The second-order valence-corrected chi connectivity index (χ2v) is 12.5. The van der Waals surface area contributed by atoms with E-state index in [9.17, 15) is 28.8 Å². The third kappa shape index (κ3) is 14.3. The molecule has 1 saturated heterocycles. The number of ether oxygens (including phenoxy) is 6. The number of rotatable bonds is 28. The molecule has 0 bridgehead atoms. The highest BCUT2D eigenvalue weighted by molar-refractivity contribution is 6.26. The Labute approximate surface area is 305 Å². The normalized spacial score (nSPS) is 16.2. The molecule has 290 valence electrons. The predicted molar refractivity (Wildman–Crippen MR) is 189 cm³/mol. The Balaban J connectivity index is 1.11. The van der Waals surface area contributed by atoms with E-state index >= 15 is 0 Å². The maximum absolute atomic E-state index is 13.2. The van der Waals surface area contributed by atoms with Crippen molar-refractivity contribution in [3.8, 4) is 0 Å². The molecule has 15 heteroatoms. The van der Waals surface area contributed by atoms with Gasteiger partial charge in [-0.05, 0) is 44.2 Å². The molecule has 1 fully saturated rings. The van der Waals surface area contributed by atoms with Gasteiger partial charge in [0.05, 0.1) is 82.2 Å². The van der Waals surface area contributed by atoms with Crippen LogP contribution in [0.2, 0.25) is 0 Å². The van der Waals surface area contributed by atoms with Gasteiger partial charge in [0, 0.05) is 19.4 Å². The summed E-state index contributed by atoms with van der Waals surface area (Å²) in [4.78, 5) is 75.5. The summed E-state index contributed by atoms with van der Waals surface area (Å²) >= 11 is 0. The van der Waals surface area contributed by atoms with Gasteiger partial charge in [-0.3, -0.25) is 39.0 Å². The van der Waals surface area contributed by atoms with Crippen molar-refractivity contribution in [3.63, 3.8) is 0 Å². The van der Waals surface area contributed by atoms with Crippen molar-refractivity contribution >= 4 is 41.2 Å². The molecule has 2 unspecified atom stereocenters. The minimum atomic E-state index is -1.07. The zero-order valence-corrected chi connectivity index (χ0v) is 30.6. The van der Waals surface area contributed by atoms with Gasteiger partial charge in [-0.15, -0.1) is 0 Å². The van der Waals surface area contributed by atoms with Crippen molar-refractivity contribution in [3.05, 3.63) is 29.3 Å². The molecule has 0 spiro atoms. The van der Waals surface area contributed by atoms with Crippen LogP contribution in [0.4, 0.5) is 5.69 Å². The Kier molecular flexibility index (Phi) is 20.1. The first-order chi connectivity index (χ1) is 25.3. The number of carbonyl (C=O) groups excluding carboxylic acids is 6. The van der Waals surface area contributed by atoms with E-state index in [1.54, 1.807) is 12.1 Å². The predicted octanol–water partition coefficient (Wildman–Crippen LogP) is 3.43. The first-order valence-electron chi connectivity index (χ1n) is 18.5. The van der Waals surface area contributed by atoms with Gasteiger partial charge in [0.1, 0.15) is 12.6 Å². The average molecular weight is 734 g/mol. The van der Waals surface area contributed by atoms with Crippen LogP contribution in [0.15, 0.2) is 18.2 Å². The van der Waals surface area contributed by atoms with Crippen molar-refractivity contribution in [2.24, 2.45) is 5.92 Å². The van der Waals surface area contributed by atoms with Crippen molar-refractivity contribution in [1.29, 1.82) is 0 Å². The number of nitrogens with zero attached hydrogens (tertiary/aromatic N) is 1. The van der Waals surface area contributed by atoms with E-state index in [4.69, 9.17) is 28.4 Å². The maximum Gasteiger partial charge on any atom is 0.308 e. The molecular weight excluding hydrogens is 678 g/mol. The number of unbranched alkanes of at least 4 members (excludes halogenated alkanes) is 3. The van der Waals surface area contributed by atoms with E-state index in [2.05, 4.69) is 17.6 Å². The van der Waals surface area contributed by atoms with Crippen molar-refractivity contribution in [2.45, 2.75) is 84.1 Å². The molecule has 1 aromatic carbocycles. The van der Waals surface area contributed by atoms with E-state index in [0.717, 1.165) is 43.4 Å². The van der Waals surface area contributed by atoms with Crippen molar-refractivity contribution in [1.82, 2.24) is 10.2 Å². The van der Waals surface area contributed by atoms with Gasteiger partial charge >= 0.3 is 5.97 Å². The van der Waals surface area contributed by atoms with Crippen LogP contribution in [-0.2, 0) is 47.6 Å². The lowest BCUT2D eigenvalue weighted by atomic mass is 10.00. The lowest BCUT2D eigenvalue weighted by Crippen LogP contribution is -2.54. The summed E-state index contributed by atoms with van der Waals surface area (Å²) in [6.07, 6.45) is 6.21. The molecule has 2 N–H and O–H groups in total. The average Bonchev–Trinajstić information content (AvgIpc) is 3.38. The largest absolute Gasteiger partial charge is 0.463 e. The molecule has 0 radical (unpaired) electrons. The van der Waals surface area contributed by atoms with E-state index in [1.165, 1.54) is 6.07 Å². The lowest BCUT2D eigenvalue weighted by Gasteiger charge is -2.27. The van der Waals surface area contributed by atoms with E-state index < -0.39 is 29.7 Å². The Morgan fingerprint density at radius 2 is 1.40 bits per heavy atom. The topological polar surface area (TPSA) is 185 Å². The summed E-state index contributed by atoms with van der Waals surface area (Å²) in [6, 6.07) is 3.53. The Hall–Kier alpha value is -3.76. The number of nitrogens with one attached hydrogen (secondary N) is 2. The fourth-order valence-corrected chi connectivity index (χ4v) is 5.74. The third-order valence-corrected chi connectivity index (χ3v) is 8.63. The van der Waals surface area contributed by atoms with Crippen LogP contribution in [0, 0.1) is 5.92 Å². The minimum Gasteiger partial charge on any atom is -0.463 e. The molecule has 0 aromatic heterocycles. The number of carbonyl (C=O) groups is 6. The molecular formula is C37H55N3O12. The number of esters is 1. The molecule has 2 heterocycles. The van der Waals surface area contributed by atoms with Crippen molar-refractivity contribution < 1.29 is 57.2 Å². The monoisotopic (exact) mass is 733 g/mol. The number of piperidine rings is 1. The van der Waals surface area contributed by atoms with Crippen LogP contribution >= 0.6 is 0 Å². The molecule has 52 heavy (non-hydrogen) atoms. The van der Waals surface area contributed by atoms with Gasteiger partial charge < -0.3 is 33.7 Å².